The molecule has 4 nitrogen and oxygen atoms in total. The highest BCUT2D eigenvalue weighted by atomic mass is 32.2. The van der Waals surface area contributed by atoms with Crippen LogP contribution in [0.4, 0.5) is 0 Å². The predicted molar refractivity (Wildman–Crippen MR) is 70.5 cm³/mol. The van der Waals surface area contributed by atoms with E-state index in [0.717, 1.165) is 12.8 Å². The van der Waals surface area contributed by atoms with Crippen LogP contribution in [0.15, 0.2) is 29.2 Å². The maximum absolute atomic E-state index is 12.4. The summed E-state index contributed by atoms with van der Waals surface area (Å²) >= 11 is 0. The molecule has 0 aliphatic rings. The summed E-state index contributed by atoms with van der Waals surface area (Å²) in [5.74, 6) is 0. The zero-order chi connectivity index (χ0) is 13.8. The Morgan fingerprint density at radius 3 is 2.56 bits per heavy atom. The van der Waals surface area contributed by atoms with E-state index >= 15 is 0 Å². The van der Waals surface area contributed by atoms with Crippen molar-refractivity contribution >= 4 is 10.0 Å². The van der Waals surface area contributed by atoms with Gasteiger partial charge in [0.25, 0.3) is 0 Å². The summed E-state index contributed by atoms with van der Waals surface area (Å²) in [4.78, 5) is 0.0814. The van der Waals surface area contributed by atoms with Gasteiger partial charge in [-0.2, -0.15) is 9.57 Å². The Morgan fingerprint density at radius 1 is 1.39 bits per heavy atom. The van der Waals surface area contributed by atoms with Crippen molar-refractivity contribution in [2.24, 2.45) is 0 Å². The van der Waals surface area contributed by atoms with Gasteiger partial charge in [-0.05, 0) is 25.5 Å². The molecule has 0 amide bonds. The first-order valence-electron chi connectivity index (χ1n) is 5.92. The zero-order valence-electron chi connectivity index (χ0n) is 10.9. The highest BCUT2D eigenvalue weighted by Crippen LogP contribution is 2.21. The molecular formula is C13H18N2O2S. The molecule has 0 heterocycles. The van der Waals surface area contributed by atoms with Crippen LogP contribution in [0.25, 0.3) is 0 Å². The first-order valence-corrected chi connectivity index (χ1v) is 7.36. The van der Waals surface area contributed by atoms with Gasteiger partial charge < -0.3 is 0 Å². The summed E-state index contributed by atoms with van der Waals surface area (Å²) in [6, 6.07) is 8.13. The van der Waals surface area contributed by atoms with Crippen molar-refractivity contribution in [2.75, 3.05) is 7.05 Å². The molecule has 0 aromatic heterocycles. The quantitative estimate of drug-likeness (QED) is 0.822. The molecule has 1 unspecified atom stereocenters. The van der Waals surface area contributed by atoms with Gasteiger partial charge in [0.05, 0.1) is 10.5 Å². The highest BCUT2D eigenvalue weighted by Gasteiger charge is 2.26. The smallest absolute Gasteiger partial charge is 0.207 e. The molecule has 0 aliphatic heterocycles. The Bertz CT molecular complexity index is 546. The third kappa shape index (κ3) is 2.89. The van der Waals surface area contributed by atoms with Crippen molar-refractivity contribution in [3.05, 3.63) is 29.8 Å². The maximum atomic E-state index is 12.4. The van der Waals surface area contributed by atoms with Gasteiger partial charge in [0.1, 0.15) is 6.07 Å². The van der Waals surface area contributed by atoms with Gasteiger partial charge in [-0.1, -0.05) is 25.5 Å². The molecule has 5 heteroatoms. The molecule has 0 aliphatic carbocycles. The summed E-state index contributed by atoms with van der Waals surface area (Å²) in [7, 11) is -2.03. The van der Waals surface area contributed by atoms with Crippen LogP contribution >= 0.6 is 0 Å². The fourth-order valence-electron chi connectivity index (χ4n) is 1.78. The lowest BCUT2D eigenvalue weighted by molar-refractivity contribution is 0.368. The molecule has 0 spiro atoms. The standard InChI is InChI=1S/C13H18N2O2S/c1-4-7-11(2)15(3)18(16,17)13-9-6-5-8-12(13)10-14/h5-6,8-9,11H,4,7H2,1-3H3. The minimum Gasteiger partial charge on any atom is -0.207 e. The van der Waals surface area contributed by atoms with Crippen molar-refractivity contribution in [1.29, 1.82) is 5.26 Å². The van der Waals surface area contributed by atoms with Crippen LogP contribution < -0.4 is 0 Å². The molecule has 1 aromatic rings. The SMILES string of the molecule is CCCC(C)N(C)S(=O)(=O)c1ccccc1C#N. The molecule has 0 saturated heterocycles. The number of rotatable bonds is 5. The lowest BCUT2D eigenvalue weighted by Crippen LogP contribution is -2.35. The summed E-state index contributed by atoms with van der Waals surface area (Å²) in [6.45, 7) is 3.89. The first kappa shape index (κ1) is 14.7. The Balaban J connectivity index is 3.18. The molecule has 1 rings (SSSR count). The van der Waals surface area contributed by atoms with Crippen molar-refractivity contribution in [1.82, 2.24) is 4.31 Å². The van der Waals surface area contributed by atoms with Gasteiger partial charge in [0, 0.05) is 13.1 Å². The molecule has 0 radical (unpaired) electrons. The van der Waals surface area contributed by atoms with Crippen molar-refractivity contribution in [2.45, 2.75) is 37.6 Å². The summed E-state index contributed by atoms with van der Waals surface area (Å²) in [6.07, 6.45) is 1.71. The van der Waals surface area contributed by atoms with Crippen LogP contribution in [-0.2, 0) is 10.0 Å². The van der Waals surface area contributed by atoms with Crippen LogP contribution in [0.1, 0.15) is 32.3 Å². The largest absolute Gasteiger partial charge is 0.244 e. The predicted octanol–water partition coefficient (Wildman–Crippen LogP) is 2.37. The van der Waals surface area contributed by atoms with Gasteiger partial charge in [-0.25, -0.2) is 8.42 Å². The second-order valence-electron chi connectivity index (χ2n) is 4.27. The van der Waals surface area contributed by atoms with Crippen molar-refractivity contribution in [3.63, 3.8) is 0 Å². The minimum atomic E-state index is -3.59. The third-order valence-corrected chi connectivity index (χ3v) is 5.02. The van der Waals surface area contributed by atoms with E-state index in [2.05, 4.69) is 0 Å². The lowest BCUT2D eigenvalue weighted by Gasteiger charge is -2.24. The molecule has 18 heavy (non-hydrogen) atoms. The molecular weight excluding hydrogens is 248 g/mol. The van der Waals surface area contributed by atoms with Crippen LogP contribution in [0.3, 0.4) is 0 Å². The fourth-order valence-corrected chi connectivity index (χ4v) is 3.31. The molecule has 0 fully saturated rings. The Morgan fingerprint density at radius 2 is 2.00 bits per heavy atom. The Hall–Kier alpha value is -1.38. The van der Waals surface area contributed by atoms with Crippen LogP contribution in [0, 0.1) is 11.3 Å². The van der Waals surface area contributed by atoms with Gasteiger partial charge >= 0.3 is 0 Å². The number of sulfonamides is 1. The number of nitrogens with zero attached hydrogens (tertiary/aromatic N) is 2. The van der Waals surface area contributed by atoms with E-state index in [1.165, 1.54) is 16.4 Å². The second kappa shape index (κ2) is 5.98. The van der Waals surface area contributed by atoms with E-state index in [4.69, 9.17) is 5.26 Å². The third-order valence-electron chi connectivity index (χ3n) is 2.99. The van der Waals surface area contributed by atoms with E-state index in [-0.39, 0.29) is 16.5 Å². The first-order chi connectivity index (χ1) is 8.45. The molecule has 0 bridgehead atoms. The maximum Gasteiger partial charge on any atom is 0.244 e. The number of benzene rings is 1. The number of hydrogen-bond donors (Lipinski definition) is 0. The number of nitriles is 1. The molecule has 1 aromatic carbocycles. The normalized spacial score (nSPS) is 13.3. The van der Waals surface area contributed by atoms with Crippen LogP contribution in [0.2, 0.25) is 0 Å². The highest BCUT2D eigenvalue weighted by molar-refractivity contribution is 7.89. The summed E-state index contributed by atoms with van der Waals surface area (Å²) in [5, 5.41) is 8.97. The molecule has 1 atom stereocenters. The zero-order valence-corrected chi connectivity index (χ0v) is 11.7. The average molecular weight is 266 g/mol. The Labute approximate surface area is 109 Å². The van der Waals surface area contributed by atoms with Crippen LogP contribution in [-0.4, -0.2) is 25.8 Å². The van der Waals surface area contributed by atoms with Gasteiger partial charge in [0.15, 0.2) is 0 Å². The van der Waals surface area contributed by atoms with E-state index in [0.29, 0.717) is 0 Å². The molecule has 98 valence electrons. The van der Waals surface area contributed by atoms with Crippen molar-refractivity contribution in [3.8, 4) is 6.07 Å². The second-order valence-corrected chi connectivity index (χ2v) is 6.23. The van der Waals surface area contributed by atoms with E-state index < -0.39 is 10.0 Å². The van der Waals surface area contributed by atoms with E-state index in [1.807, 2.05) is 19.9 Å². The van der Waals surface area contributed by atoms with Gasteiger partial charge in [-0.3, -0.25) is 0 Å². The molecule has 0 saturated carbocycles. The van der Waals surface area contributed by atoms with Gasteiger partial charge in [0.2, 0.25) is 10.0 Å². The van der Waals surface area contributed by atoms with Gasteiger partial charge in [-0.15, -0.1) is 0 Å². The summed E-state index contributed by atoms with van der Waals surface area (Å²) < 4.78 is 26.1. The fraction of sp³-hybridized carbons (Fsp3) is 0.462. The monoisotopic (exact) mass is 266 g/mol. The van der Waals surface area contributed by atoms with E-state index in [1.54, 1.807) is 19.2 Å². The average Bonchev–Trinajstić information content (AvgIpc) is 2.38. The number of hydrogen-bond acceptors (Lipinski definition) is 3. The van der Waals surface area contributed by atoms with Crippen LogP contribution in [0.5, 0.6) is 0 Å². The topological polar surface area (TPSA) is 61.2 Å². The summed E-state index contributed by atoms with van der Waals surface area (Å²) in [5.41, 5.74) is 0.188. The molecule has 0 N–H and O–H groups in total. The lowest BCUT2D eigenvalue weighted by atomic mass is 10.2. The van der Waals surface area contributed by atoms with E-state index in [9.17, 15) is 8.42 Å². The Kier molecular flexibility index (Phi) is 4.88. The minimum absolute atomic E-state index is 0.0771. The van der Waals surface area contributed by atoms with Crippen molar-refractivity contribution < 1.29 is 8.42 Å².